The van der Waals surface area contributed by atoms with Crippen molar-refractivity contribution < 1.29 is 19.1 Å². The first kappa shape index (κ1) is 28.8. The van der Waals surface area contributed by atoms with E-state index in [9.17, 15) is 14.9 Å². The van der Waals surface area contributed by atoms with E-state index in [1.165, 1.54) is 0 Å². The van der Waals surface area contributed by atoms with Crippen molar-refractivity contribution in [1.82, 2.24) is 14.9 Å². The van der Waals surface area contributed by atoms with Crippen LogP contribution in [0.15, 0.2) is 36.4 Å². The molecule has 3 aromatic rings. The first-order chi connectivity index (χ1) is 19.6. The van der Waals surface area contributed by atoms with Crippen molar-refractivity contribution in [2.24, 2.45) is 11.7 Å². The molecule has 0 spiro atoms. The lowest BCUT2D eigenvalue weighted by atomic mass is 10.0. The van der Waals surface area contributed by atoms with Gasteiger partial charge in [-0.1, -0.05) is 13.8 Å². The molecule has 2 amide bonds. The molecule has 0 saturated heterocycles. The van der Waals surface area contributed by atoms with Crippen molar-refractivity contribution in [3.05, 3.63) is 69.9 Å². The number of carbonyl (C=O) groups excluding carboxylic acids is 2. The van der Waals surface area contributed by atoms with Gasteiger partial charge in [-0.25, -0.2) is 9.78 Å². The molecular weight excluding hydrogens is 522 g/mol. The highest BCUT2D eigenvalue weighted by molar-refractivity contribution is 5.83. The number of nitrogens with zero attached hydrogens (tertiary/aromatic N) is 5. The van der Waals surface area contributed by atoms with Gasteiger partial charge >= 0.3 is 6.09 Å². The van der Waals surface area contributed by atoms with Crippen molar-refractivity contribution in [2.45, 2.75) is 53.2 Å². The Morgan fingerprint density at radius 2 is 1.73 bits per heavy atom. The fourth-order valence-corrected chi connectivity index (χ4v) is 4.71. The van der Waals surface area contributed by atoms with Crippen molar-refractivity contribution >= 4 is 23.6 Å². The van der Waals surface area contributed by atoms with Crippen LogP contribution in [-0.4, -0.2) is 39.5 Å². The number of amides is 2. The van der Waals surface area contributed by atoms with Gasteiger partial charge in [0, 0.05) is 18.7 Å². The fraction of sp³-hybridized carbons (Fsp3) is 0.333. The molecule has 2 aromatic carbocycles. The highest BCUT2D eigenvalue weighted by atomic mass is 16.6. The third kappa shape index (κ3) is 6.89. The van der Waals surface area contributed by atoms with E-state index in [1.54, 1.807) is 41.3 Å². The second kappa shape index (κ2) is 12.3. The third-order valence-electron chi connectivity index (χ3n) is 6.61. The monoisotopic (exact) mass is 553 g/mol. The zero-order valence-corrected chi connectivity index (χ0v) is 23.4. The van der Waals surface area contributed by atoms with Crippen LogP contribution in [0.1, 0.15) is 53.8 Å². The summed E-state index contributed by atoms with van der Waals surface area (Å²) >= 11 is 0. The number of benzene rings is 2. The van der Waals surface area contributed by atoms with E-state index in [0.717, 1.165) is 11.1 Å². The molecule has 0 bridgehead atoms. The van der Waals surface area contributed by atoms with Crippen LogP contribution in [0.4, 0.5) is 16.4 Å². The second-order valence-corrected chi connectivity index (χ2v) is 10.3. The summed E-state index contributed by atoms with van der Waals surface area (Å²) in [6.07, 6.45) is -1.25. The van der Waals surface area contributed by atoms with E-state index < -0.39 is 12.2 Å². The fourth-order valence-electron chi connectivity index (χ4n) is 4.71. The maximum Gasteiger partial charge on any atom is 0.405 e. The van der Waals surface area contributed by atoms with Crippen molar-refractivity contribution in [3.63, 3.8) is 0 Å². The van der Waals surface area contributed by atoms with Crippen LogP contribution >= 0.6 is 0 Å². The molecule has 0 fully saturated rings. The number of hydrogen-bond acceptors (Lipinski definition) is 9. The summed E-state index contributed by atoms with van der Waals surface area (Å²) < 4.78 is 11.6. The number of carbonyl (C=O) groups is 2. The number of nitrogens with two attached hydrogens (primary N) is 1. The van der Waals surface area contributed by atoms with Gasteiger partial charge in [0.05, 0.1) is 41.1 Å². The molecule has 3 N–H and O–H groups in total. The summed E-state index contributed by atoms with van der Waals surface area (Å²) in [7, 11) is 0. The minimum atomic E-state index is -1.00. The topological polar surface area (TPSA) is 167 Å². The van der Waals surface area contributed by atoms with Crippen LogP contribution < -0.4 is 15.8 Å². The van der Waals surface area contributed by atoms with Crippen LogP contribution in [0, 0.1) is 42.4 Å². The highest BCUT2D eigenvalue weighted by Crippen LogP contribution is 2.35. The third-order valence-corrected chi connectivity index (χ3v) is 6.61. The molecule has 1 atom stereocenters. The van der Waals surface area contributed by atoms with Gasteiger partial charge in [0.25, 0.3) is 5.91 Å². The lowest BCUT2D eigenvalue weighted by molar-refractivity contribution is -0.142. The van der Waals surface area contributed by atoms with Gasteiger partial charge in [0.15, 0.2) is 6.10 Å². The second-order valence-electron chi connectivity index (χ2n) is 10.3. The van der Waals surface area contributed by atoms with Crippen molar-refractivity contribution in [2.75, 3.05) is 11.9 Å². The normalized spacial score (nSPS) is 13.0. The average Bonchev–Trinajstić information content (AvgIpc) is 2.93. The summed E-state index contributed by atoms with van der Waals surface area (Å²) in [6.45, 7) is 8.05. The predicted molar refractivity (Wildman–Crippen MR) is 150 cm³/mol. The zero-order chi connectivity index (χ0) is 29.7. The molecule has 11 heteroatoms. The first-order valence-corrected chi connectivity index (χ1v) is 13.2. The van der Waals surface area contributed by atoms with Crippen LogP contribution in [-0.2, 0) is 22.5 Å². The van der Waals surface area contributed by atoms with E-state index >= 15 is 0 Å². The Labute approximate surface area is 238 Å². The van der Waals surface area contributed by atoms with E-state index in [0.29, 0.717) is 59.2 Å². The van der Waals surface area contributed by atoms with E-state index in [-0.39, 0.29) is 24.2 Å². The maximum atomic E-state index is 13.4. The highest BCUT2D eigenvalue weighted by Gasteiger charge is 2.33. The molecule has 0 unspecified atom stereocenters. The van der Waals surface area contributed by atoms with Crippen molar-refractivity contribution in [3.8, 4) is 23.8 Å². The quantitative estimate of drug-likeness (QED) is 0.399. The Hall–Kier alpha value is -5.16. The minimum absolute atomic E-state index is 0.0980. The summed E-state index contributed by atoms with van der Waals surface area (Å²) in [6, 6.07) is 14.6. The number of anilines is 2. The first-order valence-electron chi connectivity index (χ1n) is 13.2. The van der Waals surface area contributed by atoms with Crippen LogP contribution in [0.3, 0.4) is 0 Å². The molecule has 0 radical (unpaired) electrons. The molecule has 1 aromatic heterocycles. The van der Waals surface area contributed by atoms with Gasteiger partial charge in [0.1, 0.15) is 5.75 Å². The van der Waals surface area contributed by atoms with Crippen molar-refractivity contribution in [1.29, 1.82) is 10.5 Å². The maximum absolute atomic E-state index is 13.4. The van der Waals surface area contributed by atoms with Gasteiger partial charge in [-0.05, 0) is 73.7 Å². The number of primary amides is 1. The van der Waals surface area contributed by atoms with E-state index in [2.05, 4.69) is 22.4 Å². The molecule has 1 aliphatic heterocycles. The molecule has 210 valence electrons. The van der Waals surface area contributed by atoms with Gasteiger partial charge < -0.3 is 25.4 Å². The van der Waals surface area contributed by atoms with Gasteiger partial charge in [-0.3, -0.25) is 4.79 Å². The smallest absolute Gasteiger partial charge is 0.405 e. The van der Waals surface area contributed by atoms with Gasteiger partial charge in [-0.15, -0.1) is 0 Å². The molecule has 0 saturated carbocycles. The Balaban J connectivity index is 1.72. The number of hydrogen-bond donors (Lipinski definition) is 2. The lowest BCUT2D eigenvalue weighted by Gasteiger charge is -2.32. The van der Waals surface area contributed by atoms with Crippen LogP contribution in [0.5, 0.6) is 11.6 Å². The standard InChI is InChI=1S/C30H31N7O4/c1-17(2)11-25(40-29(33)39)28(38)37-10-9-24-23(16-37)27(41-26-18(3)12-21(15-32)13-19(26)4)36-30(35-24)34-22-7-5-20(14-31)6-8-22/h5-8,12-13,17,25H,9-11,16H2,1-4H3,(H2,33,39)(H,34,35,36)/t25-/m0/s1. The number of nitrogens with one attached hydrogen (secondary N) is 1. The minimum Gasteiger partial charge on any atom is -0.438 e. The number of aryl methyl sites for hydroxylation is 2. The molecule has 2 heterocycles. The lowest BCUT2D eigenvalue weighted by Crippen LogP contribution is -2.45. The predicted octanol–water partition coefficient (Wildman–Crippen LogP) is 4.77. The molecule has 41 heavy (non-hydrogen) atoms. The average molecular weight is 554 g/mol. The summed E-state index contributed by atoms with van der Waals surface area (Å²) in [5.74, 6) is 0.852. The van der Waals surface area contributed by atoms with Gasteiger partial charge in [-0.2, -0.15) is 15.5 Å². The number of fused-ring (bicyclic) bond motifs is 1. The number of aromatic nitrogens is 2. The van der Waals surface area contributed by atoms with Crippen LogP contribution in [0.2, 0.25) is 0 Å². The van der Waals surface area contributed by atoms with Crippen LogP contribution in [0.25, 0.3) is 0 Å². The SMILES string of the molecule is Cc1cc(C#N)cc(C)c1Oc1nc(Nc2ccc(C#N)cc2)nc2c1CN(C(=O)[C@H](CC(C)C)OC(N)=O)CC2. The summed E-state index contributed by atoms with van der Waals surface area (Å²) in [4.78, 5) is 35.9. The molecule has 1 aliphatic rings. The Kier molecular flexibility index (Phi) is 8.69. The Morgan fingerprint density at radius 3 is 2.32 bits per heavy atom. The Morgan fingerprint density at radius 1 is 1.07 bits per heavy atom. The summed E-state index contributed by atoms with van der Waals surface area (Å²) in [5, 5.41) is 21.6. The largest absolute Gasteiger partial charge is 0.438 e. The molecule has 4 rings (SSSR count). The Bertz CT molecular complexity index is 1530. The molecule has 0 aliphatic carbocycles. The molecule has 11 nitrogen and oxygen atoms in total. The van der Waals surface area contributed by atoms with E-state index in [1.807, 2.05) is 27.7 Å². The van der Waals surface area contributed by atoms with Gasteiger partial charge in [0.2, 0.25) is 11.8 Å². The zero-order valence-electron chi connectivity index (χ0n) is 23.4. The van der Waals surface area contributed by atoms with E-state index in [4.69, 9.17) is 25.5 Å². The molecular formula is C30H31N7O4. The number of rotatable bonds is 8. The number of nitriles is 2. The number of ether oxygens (including phenoxy) is 2. The summed E-state index contributed by atoms with van der Waals surface area (Å²) in [5.41, 5.74) is 9.83.